The highest BCUT2D eigenvalue weighted by Gasteiger charge is 2.15. The van der Waals surface area contributed by atoms with Crippen molar-refractivity contribution in [2.45, 2.75) is 20.3 Å². The maximum atomic E-state index is 12.4. The average molecular weight is 501 g/mol. The van der Waals surface area contributed by atoms with Crippen LogP contribution in [0.3, 0.4) is 0 Å². The largest absolute Gasteiger partial charge is 0.505 e. The Balaban J connectivity index is 1.45. The summed E-state index contributed by atoms with van der Waals surface area (Å²) in [6.07, 6.45) is 0.466. The molecule has 10 nitrogen and oxygen atoms in total. The molecule has 0 aliphatic carbocycles. The van der Waals surface area contributed by atoms with Crippen molar-refractivity contribution < 1.29 is 5.11 Å². The summed E-state index contributed by atoms with van der Waals surface area (Å²) in [5.74, 6) is 0.345. The van der Waals surface area contributed by atoms with Gasteiger partial charge in [-0.3, -0.25) is 15.0 Å². The van der Waals surface area contributed by atoms with Crippen LogP contribution in [0.25, 0.3) is 22.5 Å². The second kappa shape index (κ2) is 9.59. The fourth-order valence-electron chi connectivity index (χ4n) is 3.81. The van der Waals surface area contributed by atoms with Crippen molar-refractivity contribution in [2.24, 2.45) is 10.2 Å². The van der Waals surface area contributed by atoms with Crippen LogP contribution < -0.4 is 5.56 Å². The number of H-pyrrole nitrogens is 3. The summed E-state index contributed by atoms with van der Waals surface area (Å²) in [4.78, 5) is 12.4. The summed E-state index contributed by atoms with van der Waals surface area (Å²) >= 11 is 6.32. The first-order chi connectivity index (χ1) is 17.4. The van der Waals surface area contributed by atoms with E-state index >= 15 is 0 Å². The van der Waals surface area contributed by atoms with Crippen molar-refractivity contribution in [3.8, 4) is 28.3 Å². The number of aryl methyl sites for hydroxylation is 2. The lowest BCUT2D eigenvalue weighted by molar-refractivity contribution is 0.478. The first kappa shape index (κ1) is 23.2. The molecule has 0 saturated heterocycles. The number of nitrogens with one attached hydrogen (secondary N) is 3. The van der Waals surface area contributed by atoms with Crippen LogP contribution in [0.1, 0.15) is 22.4 Å². The first-order valence-corrected chi connectivity index (χ1v) is 11.4. The normalized spacial score (nSPS) is 11.4. The number of azo groups is 1. The fourth-order valence-corrected chi connectivity index (χ4v) is 4.02. The molecule has 2 aromatic heterocycles. The molecule has 180 valence electrons. The number of hydrogen-bond acceptors (Lipinski definition) is 7. The lowest BCUT2D eigenvalue weighted by Crippen LogP contribution is -1.97. The second-order valence-electron chi connectivity index (χ2n) is 8.34. The van der Waals surface area contributed by atoms with Crippen LogP contribution in [0.15, 0.2) is 69.6 Å². The Bertz CT molecular complexity index is 1620. The molecule has 0 fully saturated rings. The molecular weight excluding hydrogens is 480 g/mol. The molecule has 0 aliphatic rings. The predicted molar refractivity (Wildman–Crippen MR) is 136 cm³/mol. The molecule has 0 spiro atoms. The number of phenolic OH excluding ortho intramolecular Hbond substituents is 1. The predicted octanol–water partition coefficient (Wildman–Crippen LogP) is 5.53. The molecule has 11 heteroatoms. The maximum Gasteiger partial charge on any atom is 0.291 e. The van der Waals surface area contributed by atoms with Crippen LogP contribution >= 0.6 is 11.6 Å². The van der Waals surface area contributed by atoms with Gasteiger partial charge in [-0.2, -0.15) is 5.21 Å². The van der Waals surface area contributed by atoms with E-state index in [0.717, 1.165) is 16.7 Å². The quantitative estimate of drug-likeness (QED) is 0.226. The van der Waals surface area contributed by atoms with Gasteiger partial charge >= 0.3 is 0 Å². The van der Waals surface area contributed by atoms with Gasteiger partial charge in [-0.25, -0.2) is 0 Å². The van der Waals surface area contributed by atoms with Crippen molar-refractivity contribution in [2.75, 3.05) is 0 Å². The molecule has 0 bridgehead atoms. The van der Waals surface area contributed by atoms with Crippen LogP contribution in [0, 0.1) is 13.8 Å². The number of aromatic hydroxyl groups is 1. The van der Waals surface area contributed by atoms with Gasteiger partial charge in [-0.15, -0.1) is 20.4 Å². The molecule has 0 radical (unpaired) electrons. The van der Waals surface area contributed by atoms with E-state index in [0.29, 0.717) is 34.1 Å². The smallest absolute Gasteiger partial charge is 0.291 e. The van der Waals surface area contributed by atoms with Crippen molar-refractivity contribution in [3.05, 3.63) is 92.4 Å². The minimum absolute atomic E-state index is 0.113. The van der Waals surface area contributed by atoms with Gasteiger partial charge < -0.3 is 5.11 Å². The summed E-state index contributed by atoms with van der Waals surface area (Å²) in [6, 6.07) is 16.5. The van der Waals surface area contributed by atoms with Gasteiger partial charge in [0.15, 0.2) is 11.4 Å². The molecule has 36 heavy (non-hydrogen) atoms. The molecule has 0 aliphatic heterocycles. The third-order valence-electron chi connectivity index (χ3n) is 5.89. The molecule has 0 amide bonds. The fraction of sp³-hybridized carbons (Fsp3) is 0.120. The number of halogens is 1. The zero-order valence-corrected chi connectivity index (χ0v) is 20.1. The maximum absolute atomic E-state index is 12.4. The molecule has 0 atom stereocenters. The molecular formula is C25H21ClN8O2. The van der Waals surface area contributed by atoms with E-state index in [1.54, 1.807) is 30.3 Å². The third kappa shape index (κ3) is 4.66. The number of aromatic nitrogens is 6. The minimum Gasteiger partial charge on any atom is -0.505 e. The average Bonchev–Trinajstić information content (AvgIpc) is 3.52. The van der Waals surface area contributed by atoms with Crippen LogP contribution in [0.2, 0.25) is 5.02 Å². The lowest BCUT2D eigenvalue weighted by Gasteiger charge is -2.08. The molecule has 5 aromatic rings. The van der Waals surface area contributed by atoms with Crippen LogP contribution in [0.5, 0.6) is 5.75 Å². The number of hydrogen-bond donors (Lipinski definition) is 4. The van der Waals surface area contributed by atoms with Crippen molar-refractivity contribution in [1.82, 2.24) is 30.8 Å². The number of nitrogens with zero attached hydrogens (tertiary/aromatic N) is 5. The molecule has 2 heterocycles. The monoisotopic (exact) mass is 500 g/mol. The van der Waals surface area contributed by atoms with E-state index in [1.165, 1.54) is 11.6 Å². The van der Waals surface area contributed by atoms with Crippen LogP contribution in [-0.2, 0) is 6.42 Å². The Morgan fingerprint density at radius 1 is 0.944 bits per heavy atom. The highest BCUT2D eigenvalue weighted by atomic mass is 35.5. The Hall–Kier alpha value is -4.57. The molecule has 0 unspecified atom stereocenters. The van der Waals surface area contributed by atoms with Gasteiger partial charge in [-0.1, -0.05) is 54.1 Å². The SMILES string of the molecule is Cc1ccc(Cc2[nH][nH]c(=O)c2N=Nc2cc(Cl)cc(-c3ccc(-c4nn[nH]n4)cc3)c2O)cc1C. The van der Waals surface area contributed by atoms with Gasteiger partial charge in [0.25, 0.3) is 5.56 Å². The first-order valence-electron chi connectivity index (χ1n) is 11.0. The Kier molecular flexibility index (Phi) is 6.17. The highest BCUT2D eigenvalue weighted by molar-refractivity contribution is 6.31. The van der Waals surface area contributed by atoms with Crippen molar-refractivity contribution in [3.63, 3.8) is 0 Å². The number of aromatic amines is 3. The number of phenols is 1. The number of benzene rings is 3. The molecule has 3 aromatic carbocycles. The standard InChI is InChI=1S/C25H21ClN8O2/c1-13-3-4-15(9-14(13)2)10-20-22(25(36)32-27-20)29-28-21-12-18(26)11-19(23(21)35)16-5-7-17(8-6-16)24-30-33-34-31-24/h3-9,11-12,35H,10H2,1-2H3,(H2,27,32,36)(H,30,31,33,34). The van der Waals surface area contributed by atoms with E-state index in [1.807, 2.05) is 26.0 Å². The Morgan fingerprint density at radius 2 is 1.72 bits per heavy atom. The van der Waals surface area contributed by atoms with Crippen molar-refractivity contribution >= 4 is 23.0 Å². The van der Waals surface area contributed by atoms with Gasteiger partial charge in [0.2, 0.25) is 5.82 Å². The zero-order chi connectivity index (χ0) is 25.2. The summed E-state index contributed by atoms with van der Waals surface area (Å²) in [5, 5.41) is 38.9. The number of tetrazole rings is 1. The van der Waals surface area contributed by atoms with E-state index in [-0.39, 0.29) is 17.1 Å². The molecule has 0 saturated carbocycles. The van der Waals surface area contributed by atoms with Gasteiger partial charge in [0.1, 0.15) is 5.69 Å². The highest BCUT2D eigenvalue weighted by Crippen LogP contribution is 2.41. The van der Waals surface area contributed by atoms with E-state index in [2.05, 4.69) is 47.1 Å². The second-order valence-corrected chi connectivity index (χ2v) is 8.77. The van der Waals surface area contributed by atoms with E-state index < -0.39 is 5.56 Å². The lowest BCUT2D eigenvalue weighted by atomic mass is 10.0. The molecule has 5 rings (SSSR count). The van der Waals surface area contributed by atoms with Gasteiger partial charge in [0, 0.05) is 22.6 Å². The summed E-state index contributed by atoms with van der Waals surface area (Å²) < 4.78 is 0. The van der Waals surface area contributed by atoms with Crippen LogP contribution in [-0.4, -0.2) is 35.9 Å². The summed E-state index contributed by atoms with van der Waals surface area (Å²) in [6.45, 7) is 4.09. The summed E-state index contributed by atoms with van der Waals surface area (Å²) in [7, 11) is 0. The Labute approximate surface area is 210 Å². The van der Waals surface area contributed by atoms with E-state index in [9.17, 15) is 9.90 Å². The third-order valence-corrected chi connectivity index (χ3v) is 6.11. The molecule has 4 N–H and O–H groups in total. The topological polar surface area (TPSA) is 148 Å². The van der Waals surface area contributed by atoms with E-state index in [4.69, 9.17) is 11.6 Å². The van der Waals surface area contributed by atoms with Crippen LogP contribution in [0.4, 0.5) is 11.4 Å². The minimum atomic E-state index is -0.406. The van der Waals surface area contributed by atoms with Gasteiger partial charge in [0.05, 0.1) is 5.69 Å². The summed E-state index contributed by atoms with van der Waals surface area (Å²) in [5.41, 5.74) is 5.77. The zero-order valence-electron chi connectivity index (χ0n) is 19.4. The van der Waals surface area contributed by atoms with Crippen molar-refractivity contribution in [1.29, 1.82) is 0 Å². The Morgan fingerprint density at radius 3 is 2.44 bits per heavy atom. The van der Waals surface area contributed by atoms with Gasteiger partial charge in [-0.05, 0) is 53.4 Å². The number of rotatable bonds is 6.